The number of nitrogens with zero attached hydrogens (tertiary/aromatic N) is 3. The second-order valence-corrected chi connectivity index (χ2v) is 5.80. The molecule has 2 heterocycles. The van der Waals surface area contributed by atoms with Crippen LogP contribution in [0.3, 0.4) is 0 Å². The standard InChI is InChI=1S/C16H14N4O3S/c1-2-17-12(21)9-23-16(22)14-13(18-7-8-19-14)15-20-10-5-3-4-6-11(10)24-15/h3-8H,2,9H2,1H3,(H,17,21). The molecule has 2 aromatic heterocycles. The van der Waals surface area contributed by atoms with Crippen LogP contribution in [-0.2, 0) is 9.53 Å². The van der Waals surface area contributed by atoms with Crippen molar-refractivity contribution < 1.29 is 14.3 Å². The SMILES string of the molecule is CCNC(=O)COC(=O)c1nccnc1-c1nc2ccccc2s1. The van der Waals surface area contributed by atoms with Crippen molar-refractivity contribution in [2.75, 3.05) is 13.2 Å². The van der Waals surface area contributed by atoms with Crippen molar-refractivity contribution >= 4 is 33.4 Å². The van der Waals surface area contributed by atoms with E-state index in [0.29, 0.717) is 17.2 Å². The monoisotopic (exact) mass is 342 g/mol. The first-order valence-electron chi connectivity index (χ1n) is 7.30. The van der Waals surface area contributed by atoms with E-state index < -0.39 is 5.97 Å². The Morgan fingerprint density at radius 1 is 1.21 bits per heavy atom. The Morgan fingerprint density at radius 2 is 2.00 bits per heavy atom. The van der Waals surface area contributed by atoms with Gasteiger partial charge in [0.1, 0.15) is 10.7 Å². The van der Waals surface area contributed by atoms with Gasteiger partial charge in [-0.25, -0.2) is 19.7 Å². The molecule has 0 unspecified atom stereocenters. The number of benzene rings is 1. The largest absolute Gasteiger partial charge is 0.451 e. The average Bonchev–Trinajstić information content (AvgIpc) is 3.04. The summed E-state index contributed by atoms with van der Waals surface area (Å²) < 4.78 is 5.99. The Labute approximate surface area is 141 Å². The van der Waals surface area contributed by atoms with Gasteiger partial charge in [-0.2, -0.15) is 0 Å². The lowest BCUT2D eigenvalue weighted by molar-refractivity contribution is -0.124. The number of esters is 1. The van der Waals surface area contributed by atoms with Crippen molar-refractivity contribution in [2.45, 2.75) is 6.92 Å². The van der Waals surface area contributed by atoms with E-state index in [-0.39, 0.29) is 18.2 Å². The van der Waals surface area contributed by atoms with Crippen molar-refractivity contribution in [1.82, 2.24) is 20.3 Å². The molecule has 8 heteroatoms. The molecule has 0 radical (unpaired) electrons. The molecule has 0 aliphatic carbocycles. The van der Waals surface area contributed by atoms with E-state index in [2.05, 4.69) is 20.3 Å². The second-order valence-electron chi connectivity index (χ2n) is 4.77. The highest BCUT2D eigenvalue weighted by atomic mass is 32.1. The van der Waals surface area contributed by atoms with Crippen LogP contribution in [0.4, 0.5) is 0 Å². The van der Waals surface area contributed by atoms with Crippen LogP contribution in [0.25, 0.3) is 20.9 Å². The Bertz CT molecular complexity index is 861. The number of hydrogen-bond acceptors (Lipinski definition) is 7. The molecule has 0 bridgehead atoms. The number of fused-ring (bicyclic) bond motifs is 1. The van der Waals surface area contributed by atoms with Crippen molar-refractivity contribution in [3.05, 3.63) is 42.4 Å². The number of rotatable bonds is 5. The van der Waals surface area contributed by atoms with Crippen LogP contribution in [0.15, 0.2) is 36.7 Å². The molecule has 0 atom stereocenters. The molecule has 0 aliphatic heterocycles. The Hall–Kier alpha value is -2.87. The third kappa shape index (κ3) is 3.38. The van der Waals surface area contributed by atoms with E-state index in [1.54, 1.807) is 6.92 Å². The fourth-order valence-electron chi connectivity index (χ4n) is 2.07. The maximum atomic E-state index is 12.2. The lowest BCUT2D eigenvalue weighted by atomic mass is 10.3. The highest BCUT2D eigenvalue weighted by Crippen LogP contribution is 2.30. The lowest BCUT2D eigenvalue weighted by Gasteiger charge is -2.06. The summed E-state index contributed by atoms with van der Waals surface area (Å²) >= 11 is 1.41. The molecule has 3 rings (SSSR count). The molecule has 0 aliphatic rings. The van der Waals surface area contributed by atoms with Crippen LogP contribution < -0.4 is 5.32 Å². The van der Waals surface area contributed by atoms with Crippen LogP contribution in [0.2, 0.25) is 0 Å². The number of aromatic nitrogens is 3. The predicted octanol–water partition coefficient (Wildman–Crippen LogP) is 2.05. The molecule has 24 heavy (non-hydrogen) atoms. The van der Waals surface area contributed by atoms with Gasteiger partial charge in [-0.15, -0.1) is 11.3 Å². The summed E-state index contributed by atoms with van der Waals surface area (Å²) in [4.78, 5) is 36.4. The molecule has 122 valence electrons. The van der Waals surface area contributed by atoms with Gasteiger partial charge in [0.2, 0.25) is 0 Å². The Balaban J connectivity index is 1.87. The highest BCUT2D eigenvalue weighted by Gasteiger charge is 2.20. The van der Waals surface area contributed by atoms with E-state index in [1.807, 2.05) is 24.3 Å². The first-order chi connectivity index (χ1) is 11.7. The fraction of sp³-hybridized carbons (Fsp3) is 0.188. The number of carbonyl (C=O) groups is 2. The second kappa shape index (κ2) is 7.14. The smallest absolute Gasteiger partial charge is 0.359 e. The minimum Gasteiger partial charge on any atom is -0.451 e. The molecule has 1 N–H and O–H groups in total. The third-order valence-corrected chi connectivity index (χ3v) is 4.14. The predicted molar refractivity (Wildman–Crippen MR) is 89.6 cm³/mol. The number of hydrogen-bond donors (Lipinski definition) is 1. The summed E-state index contributed by atoms with van der Waals surface area (Å²) in [6.07, 6.45) is 2.89. The van der Waals surface area contributed by atoms with Gasteiger partial charge in [-0.05, 0) is 19.1 Å². The van der Waals surface area contributed by atoms with Crippen LogP contribution in [0, 0.1) is 0 Å². The molecular weight excluding hydrogens is 328 g/mol. The molecule has 1 aromatic carbocycles. The summed E-state index contributed by atoms with van der Waals surface area (Å²) in [5.41, 5.74) is 1.21. The molecule has 0 spiro atoms. The zero-order chi connectivity index (χ0) is 16.9. The molecular formula is C16H14N4O3S. The maximum absolute atomic E-state index is 12.2. The van der Waals surface area contributed by atoms with E-state index in [0.717, 1.165) is 10.2 Å². The molecule has 3 aromatic rings. The van der Waals surface area contributed by atoms with Gasteiger partial charge >= 0.3 is 5.97 Å². The number of thiazole rings is 1. The summed E-state index contributed by atoms with van der Waals surface area (Å²) in [7, 11) is 0. The van der Waals surface area contributed by atoms with Crippen LogP contribution >= 0.6 is 11.3 Å². The summed E-state index contributed by atoms with van der Waals surface area (Å²) in [5.74, 6) is -1.07. The molecule has 0 saturated heterocycles. The number of nitrogens with one attached hydrogen (secondary N) is 1. The average molecular weight is 342 g/mol. The lowest BCUT2D eigenvalue weighted by Crippen LogP contribution is -2.28. The molecule has 7 nitrogen and oxygen atoms in total. The number of carbonyl (C=O) groups excluding carboxylic acids is 2. The van der Waals surface area contributed by atoms with E-state index in [9.17, 15) is 9.59 Å². The Morgan fingerprint density at radius 3 is 2.79 bits per heavy atom. The minimum atomic E-state index is -0.705. The topological polar surface area (TPSA) is 94.1 Å². The van der Waals surface area contributed by atoms with Crippen LogP contribution in [0.1, 0.15) is 17.4 Å². The number of likely N-dealkylation sites (N-methyl/N-ethyl adjacent to an activating group) is 1. The minimum absolute atomic E-state index is 0.0425. The zero-order valence-electron chi connectivity index (χ0n) is 12.9. The first kappa shape index (κ1) is 16.0. The highest BCUT2D eigenvalue weighted by molar-refractivity contribution is 7.21. The summed E-state index contributed by atoms with van der Waals surface area (Å²) in [5, 5.41) is 3.13. The van der Waals surface area contributed by atoms with Crippen molar-refractivity contribution in [3.8, 4) is 10.7 Å². The van der Waals surface area contributed by atoms with Crippen molar-refractivity contribution in [1.29, 1.82) is 0 Å². The maximum Gasteiger partial charge on any atom is 0.359 e. The van der Waals surface area contributed by atoms with Gasteiger partial charge in [0.15, 0.2) is 12.3 Å². The van der Waals surface area contributed by atoms with Gasteiger partial charge in [0.25, 0.3) is 5.91 Å². The summed E-state index contributed by atoms with van der Waals surface area (Å²) in [6.45, 7) is 1.90. The normalized spacial score (nSPS) is 10.5. The van der Waals surface area contributed by atoms with E-state index >= 15 is 0 Å². The van der Waals surface area contributed by atoms with Crippen molar-refractivity contribution in [2.24, 2.45) is 0 Å². The zero-order valence-corrected chi connectivity index (χ0v) is 13.7. The third-order valence-electron chi connectivity index (χ3n) is 3.10. The quantitative estimate of drug-likeness (QED) is 0.713. The van der Waals surface area contributed by atoms with Gasteiger partial charge < -0.3 is 10.1 Å². The summed E-state index contributed by atoms with van der Waals surface area (Å²) in [6, 6.07) is 7.64. The van der Waals surface area contributed by atoms with Crippen molar-refractivity contribution in [3.63, 3.8) is 0 Å². The van der Waals surface area contributed by atoms with E-state index in [4.69, 9.17) is 4.74 Å². The van der Waals surface area contributed by atoms with Crippen LogP contribution in [0.5, 0.6) is 0 Å². The number of para-hydroxylation sites is 1. The van der Waals surface area contributed by atoms with Gasteiger partial charge in [0.05, 0.1) is 10.2 Å². The van der Waals surface area contributed by atoms with E-state index in [1.165, 1.54) is 23.7 Å². The number of amides is 1. The first-order valence-corrected chi connectivity index (χ1v) is 8.11. The number of ether oxygens (including phenoxy) is 1. The van der Waals surface area contributed by atoms with Crippen LogP contribution in [-0.4, -0.2) is 40.0 Å². The fourth-order valence-corrected chi connectivity index (χ4v) is 3.03. The van der Waals surface area contributed by atoms with Gasteiger partial charge in [0, 0.05) is 18.9 Å². The molecule has 0 fully saturated rings. The van der Waals surface area contributed by atoms with Gasteiger partial charge in [-0.1, -0.05) is 12.1 Å². The Kier molecular flexibility index (Phi) is 4.76. The molecule has 0 saturated carbocycles. The molecule has 1 amide bonds. The van der Waals surface area contributed by atoms with Gasteiger partial charge in [-0.3, -0.25) is 4.79 Å².